The highest BCUT2D eigenvalue weighted by Gasteiger charge is 2.15. The highest BCUT2D eigenvalue weighted by Crippen LogP contribution is 2.33. The molecule has 0 amide bonds. The topological polar surface area (TPSA) is 95.6 Å². The molecule has 5 aromatic rings. The standard InChI is InChI=1S/C27H23N3O5/c1-3-34-26(32)16-28-19-6-8-20(9-7-19)30-25(31)13-11-23-27(30)21-14-17(4-10-22(21)35-23)18-5-12-24(33-2)29-15-18/h4-15,28H,3,16H2,1-2H3. The van der Waals surface area contributed by atoms with Gasteiger partial charge in [0.25, 0.3) is 5.56 Å². The van der Waals surface area contributed by atoms with Gasteiger partial charge in [0.1, 0.15) is 17.6 Å². The van der Waals surface area contributed by atoms with Crippen LogP contribution in [0.3, 0.4) is 0 Å². The molecule has 0 spiro atoms. The molecule has 1 N–H and O–H groups in total. The van der Waals surface area contributed by atoms with Crippen molar-refractivity contribution in [3.05, 3.63) is 83.3 Å². The number of nitrogens with zero attached hydrogens (tertiary/aromatic N) is 2. The molecule has 0 aliphatic carbocycles. The van der Waals surface area contributed by atoms with Gasteiger partial charge in [-0.15, -0.1) is 0 Å². The van der Waals surface area contributed by atoms with Crippen molar-refractivity contribution in [2.24, 2.45) is 0 Å². The molecule has 0 radical (unpaired) electrons. The predicted molar refractivity (Wildman–Crippen MR) is 134 cm³/mol. The quantitative estimate of drug-likeness (QED) is 0.343. The first-order valence-electron chi connectivity index (χ1n) is 11.2. The van der Waals surface area contributed by atoms with Crippen molar-refractivity contribution in [3.8, 4) is 22.7 Å². The van der Waals surface area contributed by atoms with Crippen molar-refractivity contribution in [3.63, 3.8) is 0 Å². The Balaban J connectivity index is 1.56. The Morgan fingerprint density at radius 2 is 1.77 bits per heavy atom. The minimum absolute atomic E-state index is 0.0675. The summed E-state index contributed by atoms with van der Waals surface area (Å²) >= 11 is 0. The van der Waals surface area contributed by atoms with E-state index < -0.39 is 0 Å². The van der Waals surface area contributed by atoms with E-state index in [9.17, 15) is 9.59 Å². The fourth-order valence-electron chi connectivity index (χ4n) is 4.00. The van der Waals surface area contributed by atoms with Gasteiger partial charge >= 0.3 is 5.97 Å². The molecule has 0 saturated heterocycles. The average molecular weight is 469 g/mol. The summed E-state index contributed by atoms with van der Waals surface area (Å²) < 4.78 is 17.8. The smallest absolute Gasteiger partial charge is 0.325 e. The number of benzene rings is 2. The van der Waals surface area contributed by atoms with Crippen LogP contribution in [0, 0.1) is 0 Å². The second-order valence-corrected chi connectivity index (χ2v) is 7.83. The first-order chi connectivity index (χ1) is 17.1. The summed E-state index contributed by atoms with van der Waals surface area (Å²) in [6, 6.07) is 20.1. The largest absolute Gasteiger partial charge is 0.481 e. The van der Waals surface area contributed by atoms with E-state index in [1.807, 2.05) is 48.5 Å². The third-order valence-electron chi connectivity index (χ3n) is 5.66. The monoisotopic (exact) mass is 469 g/mol. The zero-order valence-electron chi connectivity index (χ0n) is 19.3. The lowest BCUT2D eigenvalue weighted by molar-refractivity contribution is -0.140. The number of esters is 1. The molecule has 0 fully saturated rings. The number of aromatic nitrogens is 2. The Labute approximate surface area is 200 Å². The van der Waals surface area contributed by atoms with Crippen LogP contribution in [0.15, 0.2) is 82.1 Å². The fourth-order valence-corrected chi connectivity index (χ4v) is 4.00. The SMILES string of the molecule is CCOC(=O)CNc1ccc(-n2c(=O)ccc3oc4ccc(-c5ccc(OC)nc5)cc4c32)cc1. The van der Waals surface area contributed by atoms with Crippen molar-refractivity contribution in [1.29, 1.82) is 0 Å². The van der Waals surface area contributed by atoms with Gasteiger partial charge in [-0.3, -0.25) is 14.2 Å². The molecule has 0 aliphatic heterocycles. The molecular formula is C27H23N3O5. The number of fused-ring (bicyclic) bond motifs is 3. The maximum atomic E-state index is 13.0. The average Bonchev–Trinajstić information content (AvgIpc) is 3.26. The Hall–Kier alpha value is -4.59. The summed E-state index contributed by atoms with van der Waals surface area (Å²) in [5, 5.41) is 3.84. The number of nitrogens with one attached hydrogen (secondary N) is 1. The number of anilines is 1. The van der Waals surface area contributed by atoms with Crippen LogP contribution in [-0.2, 0) is 9.53 Å². The highest BCUT2D eigenvalue weighted by molar-refractivity contribution is 6.05. The maximum absolute atomic E-state index is 13.0. The second kappa shape index (κ2) is 9.34. The van der Waals surface area contributed by atoms with Gasteiger partial charge in [0.2, 0.25) is 5.88 Å². The lowest BCUT2D eigenvalue weighted by atomic mass is 10.1. The van der Waals surface area contributed by atoms with Crippen molar-refractivity contribution in [1.82, 2.24) is 9.55 Å². The first kappa shape index (κ1) is 22.2. The molecule has 5 rings (SSSR count). The van der Waals surface area contributed by atoms with Crippen LogP contribution in [0.25, 0.3) is 38.9 Å². The molecule has 35 heavy (non-hydrogen) atoms. The van der Waals surface area contributed by atoms with Crippen LogP contribution >= 0.6 is 0 Å². The van der Waals surface area contributed by atoms with Crippen LogP contribution in [0.5, 0.6) is 5.88 Å². The number of methoxy groups -OCH3 is 1. The van der Waals surface area contributed by atoms with Gasteiger partial charge in [-0.2, -0.15) is 0 Å². The van der Waals surface area contributed by atoms with E-state index in [4.69, 9.17) is 13.9 Å². The lowest BCUT2D eigenvalue weighted by Gasteiger charge is -2.10. The minimum atomic E-state index is -0.328. The number of ether oxygens (including phenoxy) is 2. The van der Waals surface area contributed by atoms with Crippen LogP contribution in [0.4, 0.5) is 5.69 Å². The van der Waals surface area contributed by atoms with E-state index in [-0.39, 0.29) is 18.1 Å². The van der Waals surface area contributed by atoms with Gasteiger partial charge < -0.3 is 19.2 Å². The summed E-state index contributed by atoms with van der Waals surface area (Å²) in [7, 11) is 1.58. The second-order valence-electron chi connectivity index (χ2n) is 7.83. The van der Waals surface area contributed by atoms with Gasteiger partial charge in [0.05, 0.1) is 13.7 Å². The van der Waals surface area contributed by atoms with Crippen molar-refractivity contribution in [2.45, 2.75) is 6.92 Å². The van der Waals surface area contributed by atoms with Crippen molar-refractivity contribution < 1.29 is 18.7 Å². The minimum Gasteiger partial charge on any atom is -0.481 e. The van der Waals surface area contributed by atoms with Crippen LogP contribution in [-0.4, -0.2) is 35.8 Å². The third kappa shape index (κ3) is 4.33. The molecule has 176 valence electrons. The third-order valence-corrected chi connectivity index (χ3v) is 5.66. The zero-order valence-corrected chi connectivity index (χ0v) is 19.3. The van der Waals surface area contributed by atoms with Gasteiger partial charge in [0, 0.05) is 40.7 Å². The van der Waals surface area contributed by atoms with Gasteiger partial charge in [-0.1, -0.05) is 6.07 Å². The molecule has 8 heteroatoms. The van der Waals surface area contributed by atoms with Crippen LogP contribution < -0.4 is 15.6 Å². The fraction of sp³-hybridized carbons (Fsp3) is 0.148. The summed E-state index contributed by atoms with van der Waals surface area (Å²) in [5.41, 5.74) is 5.08. The number of rotatable bonds is 7. The number of carbonyl (C=O) groups is 1. The molecule has 8 nitrogen and oxygen atoms in total. The van der Waals surface area contributed by atoms with E-state index in [0.717, 1.165) is 22.2 Å². The summed E-state index contributed by atoms with van der Waals surface area (Å²) in [6.07, 6.45) is 1.75. The molecule has 0 saturated carbocycles. The van der Waals surface area contributed by atoms with Crippen LogP contribution in [0.2, 0.25) is 0 Å². The molecule has 0 unspecified atom stereocenters. The van der Waals surface area contributed by atoms with E-state index >= 15 is 0 Å². The van der Waals surface area contributed by atoms with Gasteiger partial charge in [-0.25, -0.2) is 4.98 Å². The molecule has 3 heterocycles. The first-order valence-corrected chi connectivity index (χ1v) is 11.2. The lowest BCUT2D eigenvalue weighted by Crippen LogP contribution is -2.18. The highest BCUT2D eigenvalue weighted by atomic mass is 16.5. The number of furan rings is 1. The molecule has 3 aromatic heterocycles. The number of pyridine rings is 2. The van der Waals surface area contributed by atoms with Crippen molar-refractivity contribution in [2.75, 3.05) is 25.6 Å². The Bertz CT molecular complexity index is 1570. The Morgan fingerprint density at radius 3 is 2.49 bits per heavy atom. The van der Waals surface area contributed by atoms with E-state index in [1.54, 1.807) is 36.9 Å². The summed E-state index contributed by atoms with van der Waals surface area (Å²) in [4.78, 5) is 28.9. The number of carbonyl (C=O) groups excluding carboxylic acids is 1. The molecule has 0 aliphatic rings. The molecule has 2 aromatic carbocycles. The summed E-state index contributed by atoms with van der Waals surface area (Å²) in [5.74, 6) is 0.211. The number of hydrogen-bond acceptors (Lipinski definition) is 7. The zero-order chi connectivity index (χ0) is 24.4. The maximum Gasteiger partial charge on any atom is 0.325 e. The Kier molecular flexibility index (Phi) is 5.93. The molecular weight excluding hydrogens is 446 g/mol. The van der Waals surface area contributed by atoms with Crippen molar-refractivity contribution >= 4 is 33.7 Å². The van der Waals surface area contributed by atoms with E-state index in [0.29, 0.717) is 34.9 Å². The van der Waals surface area contributed by atoms with Crippen LogP contribution in [0.1, 0.15) is 6.92 Å². The van der Waals surface area contributed by atoms with Gasteiger partial charge in [-0.05, 0) is 61.0 Å². The Morgan fingerprint density at radius 1 is 1.00 bits per heavy atom. The number of hydrogen-bond donors (Lipinski definition) is 1. The van der Waals surface area contributed by atoms with E-state index in [1.165, 1.54) is 6.07 Å². The summed E-state index contributed by atoms with van der Waals surface area (Å²) in [6.45, 7) is 2.17. The molecule has 0 atom stereocenters. The van der Waals surface area contributed by atoms with Gasteiger partial charge in [0.15, 0.2) is 5.58 Å². The molecule has 0 bridgehead atoms. The van der Waals surface area contributed by atoms with E-state index in [2.05, 4.69) is 10.3 Å². The predicted octanol–water partition coefficient (Wildman–Crippen LogP) is 4.78. The normalized spacial score (nSPS) is 11.0.